The molecular formula is C15H13N7S. The molecule has 114 valence electrons. The van der Waals surface area contributed by atoms with E-state index in [0.717, 1.165) is 17.9 Å². The summed E-state index contributed by atoms with van der Waals surface area (Å²) in [6, 6.07) is 9.71. The summed E-state index contributed by atoms with van der Waals surface area (Å²) in [6.07, 6.45) is 5.87. The van der Waals surface area contributed by atoms with E-state index in [4.69, 9.17) is 5.73 Å². The molecule has 7 nitrogen and oxygen atoms in total. The van der Waals surface area contributed by atoms with Gasteiger partial charge in [-0.2, -0.15) is 15.3 Å². The molecule has 0 radical (unpaired) electrons. The van der Waals surface area contributed by atoms with Gasteiger partial charge < -0.3 is 5.73 Å². The molecule has 2 N–H and O–H groups in total. The van der Waals surface area contributed by atoms with Crippen molar-refractivity contribution < 1.29 is 0 Å². The van der Waals surface area contributed by atoms with Crippen LogP contribution in [-0.2, 0) is 6.42 Å². The number of aryl methyl sites for hydroxylation is 1. The van der Waals surface area contributed by atoms with E-state index in [-0.39, 0.29) is 5.95 Å². The molecule has 23 heavy (non-hydrogen) atoms. The topological polar surface area (TPSA) is 106 Å². The fourth-order valence-electron chi connectivity index (χ4n) is 2.01. The van der Waals surface area contributed by atoms with Gasteiger partial charge in [-0.3, -0.25) is 4.98 Å². The molecule has 0 aliphatic carbocycles. The second-order valence-corrected chi connectivity index (χ2v) is 5.65. The molecule has 0 aromatic carbocycles. The Morgan fingerprint density at radius 2 is 2.13 bits per heavy atom. The Morgan fingerprint density at radius 3 is 2.83 bits per heavy atom. The molecule has 0 unspecified atom stereocenters. The van der Waals surface area contributed by atoms with Crippen LogP contribution in [0.25, 0.3) is 5.82 Å². The van der Waals surface area contributed by atoms with E-state index in [0.29, 0.717) is 16.4 Å². The molecule has 0 saturated heterocycles. The van der Waals surface area contributed by atoms with Crippen LogP contribution >= 0.6 is 11.8 Å². The van der Waals surface area contributed by atoms with Crippen molar-refractivity contribution in [1.29, 1.82) is 5.26 Å². The van der Waals surface area contributed by atoms with Gasteiger partial charge >= 0.3 is 0 Å². The first-order chi connectivity index (χ1) is 11.3. The lowest BCUT2D eigenvalue weighted by Gasteiger charge is -2.08. The number of pyridine rings is 1. The summed E-state index contributed by atoms with van der Waals surface area (Å²) >= 11 is 1.46. The zero-order chi connectivity index (χ0) is 16.1. The minimum Gasteiger partial charge on any atom is -0.368 e. The summed E-state index contributed by atoms with van der Waals surface area (Å²) in [5, 5.41) is 14.1. The molecule has 0 amide bonds. The largest absolute Gasteiger partial charge is 0.368 e. The lowest BCUT2D eigenvalue weighted by molar-refractivity contribution is 0.825. The normalized spacial score (nSPS) is 10.4. The van der Waals surface area contributed by atoms with E-state index in [1.807, 2.05) is 18.2 Å². The Kier molecular flexibility index (Phi) is 4.49. The highest BCUT2D eigenvalue weighted by Gasteiger charge is 2.15. The zero-order valence-electron chi connectivity index (χ0n) is 12.1. The Balaban J connectivity index is 1.83. The lowest BCUT2D eigenvalue weighted by atomic mass is 10.3. The van der Waals surface area contributed by atoms with E-state index in [9.17, 15) is 5.26 Å². The number of aromatic nitrogens is 5. The zero-order valence-corrected chi connectivity index (χ0v) is 12.9. The first kappa shape index (κ1) is 15.0. The van der Waals surface area contributed by atoms with Crippen molar-refractivity contribution in [1.82, 2.24) is 24.7 Å². The van der Waals surface area contributed by atoms with Crippen molar-refractivity contribution >= 4 is 17.7 Å². The van der Waals surface area contributed by atoms with Crippen LogP contribution in [-0.4, -0.2) is 30.5 Å². The molecule has 0 saturated carbocycles. The minimum absolute atomic E-state index is 0.120. The molecule has 0 aliphatic heterocycles. The van der Waals surface area contributed by atoms with Crippen molar-refractivity contribution in [2.75, 3.05) is 11.5 Å². The van der Waals surface area contributed by atoms with Gasteiger partial charge in [0, 0.05) is 30.0 Å². The van der Waals surface area contributed by atoms with Crippen LogP contribution in [0, 0.1) is 11.3 Å². The quantitative estimate of drug-likeness (QED) is 0.564. The Morgan fingerprint density at radius 1 is 1.22 bits per heavy atom. The van der Waals surface area contributed by atoms with Crippen molar-refractivity contribution in [2.24, 2.45) is 0 Å². The molecule has 0 bridgehead atoms. The number of hydrogen-bond acceptors (Lipinski definition) is 7. The van der Waals surface area contributed by atoms with Gasteiger partial charge in [0.05, 0.1) is 0 Å². The molecule has 8 heteroatoms. The maximum Gasteiger partial charge on any atom is 0.223 e. The van der Waals surface area contributed by atoms with Crippen LogP contribution in [0.5, 0.6) is 0 Å². The average molecular weight is 323 g/mol. The average Bonchev–Trinajstić information content (AvgIpc) is 3.10. The lowest BCUT2D eigenvalue weighted by Crippen LogP contribution is -2.08. The molecule has 3 rings (SSSR count). The molecule has 3 heterocycles. The van der Waals surface area contributed by atoms with Gasteiger partial charge in [-0.15, -0.1) is 11.8 Å². The van der Waals surface area contributed by atoms with Gasteiger partial charge in [0.2, 0.25) is 5.95 Å². The van der Waals surface area contributed by atoms with Crippen LogP contribution < -0.4 is 5.73 Å². The molecule has 0 atom stereocenters. The fourth-order valence-corrected chi connectivity index (χ4v) is 2.95. The maximum atomic E-state index is 9.47. The van der Waals surface area contributed by atoms with E-state index in [1.165, 1.54) is 16.4 Å². The monoisotopic (exact) mass is 323 g/mol. The highest BCUT2D eigenvalue weighted by atomic mass is 32.2. The number of rotatable bonds is 5. The highest BCUT2D eigenvalue weighted by Crippen LogP contribution is 2.25. The Labute approximate surface area is 137 Å². The second kappa shape index (κ2) is 6.89. The van der Waals surface area contributed by atoms with E-state index in [2.05, 4.69) is 26.1 Å². The Bertz CT molecular complexity index is 825. The maximum absolute atomic E-state index is 9.47. The van der Waals surface area contributed by atoms with E-state index in [1.54, 1.807) is 24.7 Å². The van der Waals surface area contributed by atoms with Crippen LogP contribution in [0.1, 0.15) is 11.3 Å². The third kappa shape index (κ3) is 3.46. The number of thioether (sulfide) groups is 1. The number of hydrogen-bond donors (Lipinski definition) is 1. The van der Waals surface area contributed by atoms with E-state index < -0.39 is 0 Å². The van der Waals surface area contributed by atoms with Crippen molar-refractivity contribution in [3.8, 4) is 11.9 Å². The smallest absolute Gasteiger partial charge is 0.223 e. The summed E-state index contributed by atoms with van der Waals surface area (Å²) < 4.78 is 1.51. The standard InChI is InChI=1S/C15H13N7S/c16-10-12-13(22-8-3-7-19-22)20-15(17)21-14(12)23-9-5-11-4-1-2-6-18-11/h1-4,6-8H,5,9H2,(H2,17,20,21). The molecule has 3 aromatic heterocycles. The number of nitriles is 1. The van der Waals surface area contributed by atoms with Gasteiger partial charge in [-0.05, 0) is 24.6 Å². The summed E-state index contributed by atoms with van der Waals surface area (Å²) in [6.45, 7) is 0. The van der Waals surface area contributed by atoms with E-state index >= 15 is 0 Å². The van der Waals surface area contributed by atoms with Crippen molar-refractivity contribution in [3.63, 3.8) is 0 Å². The second-order valence-electron chi connectivity index (χ2n) is 4.57. The molecule has 0 spiro atoms. The van der Waals surface area contributed by atoms with Crippen LogP contribution in [0.3, 0.4) is 0 Å². The van der Waals surface area contributed by atoms with Gasteiger partial charge in [0.15, 0.2) is 5.82 Å². The summed E-state index contributed by atoms with van der Waals surface area (Å²) in [4.78, 5) is 12.6. The third-order valence-electron chi connectivity index (χ3n) is 3.03. The fraction of sp³-hybridized carbons (Fsp3) is 0.133. The van der Waals surface area contributed by atoms with Crippen LogP contribution in [0.2, 0.25) is 0 Å². The minimum atomic E-state index is 0.120. The Hall–Kier alpha value is -2.92. The molecule has 0 aliphatic rings. The van der Waals surface area contributed by atoms with Crippen molar-refractivity contribution in [2.45, 2.75) is 11.4 Å². The van der Waals surface area contributed by atoms with Crippen LogP contribution in [0.15, 0.2) is 47.9 Å². The highest BCUT2D eigenvalue weighted by molar-refractivity contribution is 7.99. The number of nitrogens with zero attached hydrogens (tertiary/aromatic N) is 6. The predicted octanol–water partition coefficient (Wildman–Crippen LogP) is 1.85. The van der Waals surface area contributed by atoms with Crippen LogP contribution in [0.4, 0.5) is 5.95 Å². The number of anilines is 1. The molecule has 3 aromatic rings. The number of nitrogens with two attached hydrogens (primary N) is 1. The molecular weight excluding hydrogens is 310 g/mol. The van der Waals surface area contributed by atoms with Gasteiger partial charge in [0.25, 0.3) is 0 Å². The summed E-state index contributed by atoms with van der Waals surface area (Å²) in [5.41, 5.74) is 7.14. The summed E-state index contributed by atoms with van der Waals surface area (Å²) in [7, 11) is 0. The third-order valence-corrected chi connectivity index (χ3v) is 4.01. The first-order valence-corrected chi connectivity index (χ1v) is 7.87. The van der Waals surface area contributed by atoms with Gasteiger partial charge in [-0.1, -0.05) is 6.07 Å². The first-order valence-electron chi connectivity index (χ1n) is 6.88. The summed E-state index contributed by atoms with van der Waals surface area (Å²) in [5.74, 6) is 1.25. The predicted molar refractivity (Wildman–Crippen MR) is 86.9 cm³/mol. The number of nitrogen functional groups attached to an aromatic ring is 1. The molecule has 0 fully saturated rings. The SMILES string of the molecule is N#Cc1c(SCCc2ccccn2)nc(N)nc1-n1cccn1. The van der Waals surface area contributed by atoms with Crippen molar-refractivity contribution in [3.05, 3.63) is 54.1 Å². The van der Waals surface area contributed by atoms with Gasteiger partial charge in [0.1, 0.15) is 16.7 Å². The van der Waals surface area contributed by atoms with Gasteiger partial charge in [-0.25, -0.2) is 9.67 Å².